The quantitative estimate of drug-likeness (QED) is 0.425. The van der Waals surface area contributed by atoms with E-state index in [2.05, 4.69) is 5.32 Å². The van der Waals surface area contributed by atoms with Crippen molar-refractivity contribution in [2.75, 3.05) is 0 Å². The van der Waals surface area contributed by atoms with Crippen molar-refractivity contribution in [3.63, 3.8) is 0 Å². The summed E-state index contributed by atoms with van der Waals surface area (Å²) < 4.78 is 5.33. The monoisotopic (exact) mass is 239 g/mol. The Bertz CT molecular complexity index is 410. The summed E-state index contributed by atoms with van der Waals surface area (Å²) in [7, 11) is -1.58. The fourth-order valence-electron chi connectivity index (χ4n) is 1.30. The van der Waals surface area contributed by atoms with Gasteiger partial charge >= 0.3 is 13.2 Å². The van der Waals surface area contributed by atoms with Crippen molar-refractivity contribution in [2.24, 2.45) is 0 Å². The average Bonchev–Trinajstić information content (AvgIpc) is 2.19. The average molecular weight is 239 g/mol. The highest BCUT2D eigenvalue weighted by Gasteiger charge is 2.14. The van der Waals surface area contributed by atoms with E-state index in [4.69, 9.17) is 19.9 Å². The number of rotatable bonds is 4. The molecule has 0 saturated heterocycles. The normalized spacial score (nSPS) is 11.8. The third-order valence-corrected chi connectivity index (χ3v) is 2.14. The van der Waals surface area contributed by atoms with E-state index in [-0.39, 0.29) is 5.46 Å². The zero-order valence-corrected chi connectivity index (χ0v) is 9.54. The van der Waals surface area contributed by atoms with E-state index < -0.39 is 19.4 Å². The molecule has 1 aromatic carbocycles. The second-order valence-electron chi connectivity index (χ2n) is 3.61. The van der Waals surface area contributed by atoms with Gasteiger partial charge in [0.25, 0.3) is 0 Å². The first kappa shape index (κ1) is 13.3. The van der Waals surface area contributed by atoms with Gasteiger partial charge < -0.3 is 19.9 Å². The Hall–Kier alpha value is -1.73. The van der Waals surface area contributed by atoms with Crippen LogP contribution >= 0.6 is 0 Å². The summed E-state index contributed by atoms with van der Waals surface area (Å²) in [6.07, 6.45) is -1.91. The molecule has 0 fully saturated rings. The van der Waals surface area contributed by atoms with Crippen LogP contribution in [0.15, 0.2) is 18.2 Å². The molecule has 0 spiro atoms. The Morgan fingerprint density at radius 2 is 2.12 bits per heavy atom. The summed E-state index contributed by atoms with van der Waals surface area (Å²) in [5.41, 5.74) is 1.06. The standard InChI is InChI=1S/C10H14BNO5/c1-6-3-4-8(11(15)16)5-9(6)17-7(2)12-10(13)14/h3-5,7,12,15-16H,1-2H3,(H,13,14). The van der Waals surface area contributed by atoms with Gasteiger partial charge in [0, 0.05) is 0 Å². The minimum Gasteiger partial charge on any atom is -0.471 e. The third-order valence-electron chi connectivity index (χ3n) is 2.14. The fourth-order valence-corrected chi connectivity index (χ4v) is 1.30. The van der Waals surface area contributed by atoms with E-state index in [0.29, 0.717) is 5.75 Å². The molecule has 0 aromatic heterocycles. The second-order valence-corrected chi connectivity index (χ2v) is 3.61. The lowest BCUT2D eigenvalue weighted by Gasteiger charge is -2.16. The lowest BCUT2D eigenvalue weighted by Crippen LogP contribution is -2.36. The van der Waals surface area contributed by atoms with Gasteiger partial charge in [0.2, 0.25) is 0 Å². The lowest BCUT2D eigenvalue weighted by molar-refractivity contribution is 0.148. The highest BCUT2D eigenvalue weighted by Crippen LogP contribution is 2.16. The van der Waals surface area contributed by atoms with Crippen LogP contribution < -0.4 is 15.5 Å². The van der Waals surface area contributed by atoms with Crippen LogP contribution in [0, 0.1) is 6.92 Å². The number of hydrogen-bond acceptors (Lipinski definition) is 4. The van der Waals surface area contributed by atoms with Crippen LogP contribution in [0.25, 0.3) is 0 Å². The predicted molar refractivity (Wildman–Crippen MR) is 62.3 cm³/mol. The maximum atomic E-state index is 10.4. The van der Waals surface area contributed by atoms with Gasteiger partial charge in [-0.05, 0) is 30.9 Å². The summed E-state index contributed by atoms with van der Waals surface area (Å²) in [5.74, 6) is 0.400. The molecule has 92 valence electrons. The Kier molecular flexibility index (Phi) is 4.36. The minimum atomic E-state index is -1.58. The van der Waals surface area contributed by atoms with E-state index >= 15 is 0 Å². The number of amides is 1. The number of benzene rings is 1. The van der Waals surface area contributed by atoms with Crippen molar-refractivity contribution >= 4 is 18.7 Å². The molecule has 0 bridgehead atoms. The summed E-state index contributed by atoms with van der Waals surface area (Å²) in [4.78, 5) is 10.4. The maximum Gasteiger partial charge on any atom is 0.488 e. The third kappa shape index (κ3) is 3.97. The van der Waals surface area contributed by atoms with Crippen LogP contribution in [-0.2, 0) is 0 Å². The smallest absolute Gasteiger partial charge is 0.471 e. The molecular formula is C10H14BNO5. The highest BCUT2D eigenvalue weighted by atomic mass is 16.5. The van der Waals surface area contributed by atoms with Crippen LogP contribution in [0.2, 0.25) is 0 Å². The molecule has 1 amide bonds. The van der Waals surface area contributed by atoms with Gasteiger partial charge in [-0.3, -0.25) is 5.32 Å². The number of nitrogens with one attached hydrogen (secondary N) is 1. The second kappa shape index (κ2) is 5.56. The van der Waals surface area contributed by atoms with Crippen molar-refractivity contribution in [3.05, 3.63) is 23.8 Å². The molecule has 17 heavy (non-hydrogen) atoms. The Balaban J connectivity index is 2.82. The Morgan fingerprint density at radius 3 is 2.65 bits per heavy atom. The topological polar surface area (TPSA) is 99.0 Å². The zero-order chi connectivity index (χ0) is 13.0. The van der Waals surface area contributed by atoms with Gasteiger partial charge in [-0.2, -0.15) is 0 Å². The van der Waals surface area contributed by atoms with Crippen molar-refractivity contribution in [2.45, 2.75) is 20.1 Å². The SMILES string of the molecule is Cc1ccc(B(O)O)cc1OC(C)NC(=O)O. The van der Waals surface area contributed by atoms with Crippen LogP contribution in [0.3, 0.4) is 0 Å². The molecule has 4 N–H and O–H groups in total. The van der Waals surface area contributed by atoms with Crippen LogP contribution in [-0.4, -0.2) is 34.6 Å². The van der Waals surface area contributed by atoms with Gasteiger partial charge in [-0.15, -0.1) is 0 Å². The van der Waals surface area contributed by atoms with Crippen LogP contribution in [0.5, 0.6) is 5.75 Å². The summed E-state index contributed by atoms with van der Waals surface area (Å²) in [5, 5.41) is 28.7. The van der Waals surface area contributed by atoms with Crippen LogP contribution in [0.1, 0.15) is 12.5 Å². The molecule has 0 aliphatic heterocycles. The molecule has 7 heteroatoms. The van der Waals surface area contributed by atoms with Crippen molar-refractivity contribution in [1.82, 2.24) is 5.32 Å². The minimum absolute atomic E-state index is 0.285. The molecule has 1 atom stereocenters. The number of hydrogen-bond donors (Lipinski definition) is 4. The molecule has 0 heterocycles. The first-order chi connectivity index (χ1) is 7.90. The largest absolute Gasteiger partial charge is 0.488 e. The predicted octanol–water partition coefficient (Wildman–Crippen LogP) is -0.333. The number of carboxylic acid groups (broad SMARTS) is 1. The molecular weight excluding hydrogens is 225 g/mol. The molecule has 1 aromatic rings. The lowest BCUT2D eigenvalue weighted by atomic mass is 9.80. The zero-order valence-electron chi connectivity index (χ0n) is 9.54. The molecule has 1 unspecified atom stereocenters. The highest BCUT2D eigenvalue weighted by molar-refractivity contribution is 6.58. The van der Waals surface area contributed by atoms with Gasteiger partial charge in [-0.1, -0.05) is 12.1 Å². The first-order valence-corrected chi connectivity index (χ1v) is 5.03. The van der Waals surface area contributed by atoms with Crippen molar-refractivity contribution in [3.8, 4) is 5.75 Å². The molecule has 0 saturated carbocycles. The van der Waals surface area contributed by atoms with E-state index in [1.807, 2.05) is 0 Å². The Morgan fingerprint density at radius 1 is 1.47 bits per heavy atom. The fraction of sp³-hybridized carbons (Fsp3) is 0.300. The maximum absolute atomic E-state index is 10.4. The van der Waals surface area contributed by atoms with E-state index in [1.165, 1.54) is 13.0 Å². The van der Waals surface area contributed by atoms with Gasteiger partial charge in [0.15, 0.2) is 6.23 Å². The van der Waals surface area contributed by atoms with Crippen LogP contribution in [0.4, 0.5) is 4.79 Å². The van der Waals surface area contributed by atoms with Gasteiger partial charge in [-0.25, -0.2) is 4.79 Å². The van der Waals surface area contributed by atoms with Gasteiger partial charge in [0.1, 0.15) is 5.75 Å². The summed E-state index contributed by atoms with van der Waals surface area (Å²) in [6.45, 7) is 3.31. The summed E-state index contributed by atoms with van der Waals surface area (Å²) in [6, 6.07) is 4.68. The number of aryl methyl sites for hydroxylation is 1. The van der Waals surface area contributed by atoms with E-state index in [1.54, 1.807) is 19.1 Å². The first-order valence-electron chi connectivity index (χ1n) is 5.03. The van der Waals surface area contributed by atoms with E-state index in [0.717, 1.165) is 5.56 Å². The molecule has 0 radical (unpaired) electrons. The molecule has 6 nitrogen and oxygen atoms in total. The van der Waals surface area contributed by atoms with Gasteiger partial charge in [0.05, 0.1) is 0 Å². The van der Waals surface area contributed by atoms with E-state index in [9.17, 15) is 4.79 Å². The van der Waals surface area contributed by atoms with Crippen molar-refractivity contribution < 1.29 is 24.7 Å². The molecule has 0 aliphatic carbocycles. The molecule has 1 rings (SSSR count). The molecule has 0 aliphatic rings. The number of ether oxygens (including phenoxy) is 1. The number of carbonyl (C=O) groups is 1. The summed E-state index contributed by atoms with van der Waals surface area (Å²) >= 11 is 0. The Labute approximate surface area is 99.0 Å². The van der Waals surface area contributed by atoms with Crippen molar-refractivity contribution in [1.29, 1.82) is 0 Å².